The van der Waals surface area contributed by atoms with Gasteiger partial charge in [0.15, 0.2) is 17.2 Å². The molecule has 0 heterocycles. The van der Waals surface area contributed by atoms with Crippen LogP contribution in [0.25, 0.3) is 0 Å². The van der Waals surface area contributed by atoms with Crippen molar-refractivity contribution in [3.63, 3.8) is 0 Å². The van der Waals surface area contributed by atoms with Gasteiger partial charge in [-0.3, -0.25) is 9.59 Å². The van der Waals surface area contributed by atoms with Gasteiger partial charge in [-0.15, -0.1) is 0 Å². The van der Waals surface area contributed by atoms with Gasteiger partial charge in [0.25, 0.3) is 0 Å². The van der Waals surface area contributed by atoms with Gasteiger partial charge in [0.1, 0.15) is 6.10 Å². The number of hydrogen-bond acceptors (Lipinski definition) is 8. The Hall–Kier alpha value is -1.89. The minimum absolute atomic E-state index is 0. The predicted molar refractivity (Wildman–Crippen MR) is 60.4 cm³/mol. The lowest BCUT2D eigenvalue weighted by Gasteiger charge is -2.19. The van der Waals surface area contributed by atoms with Gasteiger partial charge in [0, 0.05) is 0 Å². The smallest absolute Gasteiger partial charge is 0.373 e. The van der Waals surface area contributed by atoms with E-state index in [9.17, 15) is 19.5 Å². The van der Waals surface area contributed by atoms with Gasteiger partial charge < -0.3 is 20.1 Å². The molecule has 0 aromatic heterocycles. The van der Waals surface area contributed by atoms with Crippen molar-refractivity contribution in [1.29, 1.82) is 0 Å². The maximum Gasteiger partial charge on any atom is 0.373 e. The molecule has 0 bridgehead atoms. The van der Waals surface area contributed by atoms with Crippen LogP contribution in [0, 0.1) is 0 Å². The highest BCUT2D eigenvalue weighted by atomic mass is 16.4. The fourth-order valence-electron chi connectivity index (χ4n) is 0.144. The molecule has 0 fully saturated rings. The van der Waals surface area contributed by atoms with Crippen LogP contribution >= 0.6 is 0 Å². The second kappa shape index (κ2) is 12.6. The summed E-state index contributed by atoms with van der Waals surface area (Å²) in [6, 6.07) is 0. The third-order valence-electron chi connectivity index (χ3n) is 1.67. The Kier molecular flexibility index (Phi) is 17.1. The molecule has 0 aromatic rings. The minimum atomic E-state index is -2.33. The fraction of sp³-hybridized carbons (Fsp3) is 0.636. The van der Waals surface area contributed by atoms with E-state index >= 15 is 0 Å². The Morgan fingerprint density at radius 1 is 1.21 bits per heavy atom. The Bertz CT molecular complexity index is 308. The first kappa shape index (κ1) is 25.8. The zero-order chi connectivity index (χ0) is 15.5. The molecule has 0 aromatic carbocycles. The molecule has 2 N–H and O–H groups in total. The molecule has 2 atom stereocenters. The maximum absolute atomic E-state index is 10.2. The number of hydrogen-bond donors (Lipinski definition) is 2. The quantitative estimate of drug-likeness (QED) is 0.568. The van der Waals surface area contributed by atoms with Gasteiger partial charge in [-0.2, -0.15) is 9.59 Å². The van der Waals surface area contributed by atoms with Gasteiger partial charge in [-0.05, 0) is 27.7 Å². The lowest BCUT2D eigenvalue weighted by molar-refractivity contribution is -0.320. The van der Waals surface area contributed by atoms with Gasteiger partial charge in [0.05, 0.1) is 5.97 Å². The molecule has 0 amide bonds. The van der Waals surface area contributed by atoms with E-state index < -0.39 is 23.5 Å². The first-order chi connectivity index (χ1) is 7.94. The molecule has 8 nitrogen and oxygen atoms in total. The van der Waals surface area contributed by atoms with Crippen LogP contribution in [0.3, 0.4) is 0 Å². The number of aliphatic carboxylic acids is 1. The molecule has 0 saturated carbocycles. The molecule has 0 aliphatic heterocycles. The maximum atomic E-state index is 10.2. The molecule has 0 aliphatic carbocycles. The van der Waals surface area contributed by atoms with E-state index in [0.29, 0.717) is 0 Å². The van der Waals surface area contributed by atoms with Gasteiger partial charge in [-0.25, -0.2) is 0 Å². The molecule has 19 heavy (non-hydrogen) atoms. The lowest BCUT2D eigenvalue weighted by Crippen LogP contribution is -2.50. The first-order valence-corrected chi connectivity index (χ1v) is 4.57. The predicted octanol–water partition coefficient (Wildman–Crippen LogP) is -1.91. The number of Topliss-reactive ketones (excluding diaryl/α,β-unsaturated/α-hetero) is 2. The highest BCUT2D eigenvalue weighted by molar-refractivity contribution is 6.03. The molecule has 2 unspecified atom stereocenters. The van der Waals surface area contributed by atoms with Gasteiger partial charge >= 0.3 is 6.15 Å². The van der Waals surface area contributed by atoms with Crippen LogP contribution in [0.5, 0.6) is 0 Å². The van der Waals surface area contributed by atoms with E-state index in [1.165, 1.54) is 13.8 Å². The van der Waals surface area contributed by atoms with Crippen molar-refractivity contribution in [2.45, 2.75) is 46.8 Å². The largest absolute Gasteiger partial charge is 0.547 e. The van der Waals surface area contributed by atoms with E-state index in [2.05, 4.69) is 0 Å². The number of aliphatic hydroxyl groups excluding tert-OH is 1. The van der Waals surface area contributed by atoms with E-state index in [-0.39, 0.29) is 19.4 Å². The van der Waals surface area contributed by atoms with Crippen molar-refractivity contribution < 1.29 is 39.3 Å². The number of ketones is 2. The second-order valence-corrected chi connectivity index (χ2v) is 3.29. The lowest BCUT2D eigenvalue weighted by atomic mass is 10.0. The van der Waals surface area contributed by atoms with E-state index in [4.69, 9.17) is 19.8 Å². The topological polar surface area (TPSA) is 149 Å². The van der Waals surface area contributed by atoms with Crippen LogP contribution in [0.4, 0.5) is 0 Å². The molecule has 0 saturated heterocycles. The van der Waals surface area contributed by atoms with Gasteiger partial charge in [-0.1, -0.05) is 7.43 Å². The van der Waals surface area contributed by atoms with Crippen molar-refractivity contribution in [1.82, 2.24) is 0 Å². The van der Waals surface area contributed by atoms with Crippen molar-refractivity contribution >= 4 is 23.7 Å². The summed E-state index contributed by atoms with van der Waals surface area (Å²) in [6.45, 7) is 4.66. The molecule has 8 heteroatoms. The van der Waals surface area contributed by atoms with Crippen molar-refractivity contribution in [3.8, 4) is 0 Å². The third kappa shape index (κ3) is 16.1. The van der Waals surface area contributed by atoms with Crippen LogP contribution in [0.1, 0.15) is 35.1 Å². The van der Waals surface area contributed by atoms with E-state index in [1.807, 2.05) is 0 Å². The summed E-state index contributed by atoms with van der Waals surface area (Å²) in [5.41, 5.74) is -2.33. The third-order valence-corrected chi connectivity index (χ3v) is 1.67. The van der Waals surface area contributed by atoms with Crippen molar-refractivity contribution in [2.75, 3.05) is 0 Å². The molecule has 0 spiro atoms. The normalized spacial score (nSPS) is 12.5. The molecular weight excluding hydrogens is 260 g/mol. The average Bonchev–Trinajstić information content (AvgIpc) is 2.18. The van der Waals surface area contributed by atoms with E-state index in [0.717, 1.165) is 13.8 Å². The molecule has 0 rings (SSSR count). The van der Waals surface area contributed by atoms with Gasteiger partial charge in [0.2, 0.25) is 0 Å². The molecule has 112 valence electrons. The standard InChI is InChI=1S/C5H8O4.C4H8O2.CO2.CH4/c1-3(6)5(2,9)4(7)8;1-3(5)4(2)6;2-1-3;/h9H,1-2H3,(H,7,8);3,5H,1-2H3;;1H4/p-1. The Balaban J connectivity index is -0.0000000982. The number of aliphatic hydroxyl groups is 2. The number of carbonyl (C=O) groups excluding carboxylic acids is 5. The van der Waals surface area contributed by atoms with Crippen LogP contribution < -0.4 is 5.11 Å². The average molecular weight is 279 g/mol. The highest BCUT2D eigenvalue weighted by Crippen LogP contribution is 2.01. The summed E-state index contributed by atoms with van der Waals surface area (Å²) < 4.78 is 0. The minimum Gasteiger partial charge on any atom is -0.547 e. The molecule has 0 aliphatic rings. The van der Waals surface area contributed by atoms with Crippen LogP contribution in [0.2, 0.25) is 0 Å². The summed E-state index contributed by atoms with van der Waals surface area (Å²) in [5, 5.41) is 26.8. The van der Waals surface area contributed by atoms with Crippen LogP contribution in [0.15, 0.2) is 0 Å². The summed E-state index contributed by atoms with van der Waals surface area (Å²) >= 11 is 0. The monoisotopic (exact) mass is 279 g/mol. The van der Waals surface area contributed by atoms with Crippen LogP contribution in [-0.4, -0.2) is 45.6 Å². The zero-order valence-electron chi connectivity index (χ0n) is 10.4. The number of carbonyl (C=O) groups is 3. The SMILES string of the molecule is C.CC(=O)C(C)(O)C(=O)[O-].CC(=O)C(C)O.O=C=O. The highest BCUT2D eigenvalue weighted by Gasteiger charge is 2.27. The fourth-order valence-corrected chi connectivity index (χ4v) is 0.144. The Labute approximate surface area is 111 Å². The zero-order valence-corrected chi connectivity index (χ0v) is 10.4. The first-order valence-electron chi connectivity index (χ1n) is 4.57. The van der Waals surface area contributed by atoms with Crippen molar-refractivity contribution in [2.24, 2.45) is 0 Å². The summed E-state index contributed by atoms with van der Waals surface area (Å²) in [4.78, 5) is 46.3. The molecular formula is C11H19O8-. The Morgan fingerprint density at radius 3 is 1.42 bits per heavy atom. The summed E-state index contributed by atoms with van der Waals surface area (Å²) in [6.07, 6.45) is -0.537. The summed E-state index contributed by atoms with van der Waals surface area (Å²) in [7, 11) is 0. The van der Waals surface area contributed by atoms with Crippen molar-refractivity contribution in [3.05, 3.63) is 0 Å². The van der Waals surface area contributed by atoms with Crippen LogP contribution in [-0.2, 0) is 24.0 Å². The van der Waals surface area contributed by atoms with E-state index in [1.54, 1.807) is 0 Å². The summed E-state index contributed by atoms with van der Waals surface area (Å²) in [5.74, 6) is -2.78. The number of rotatable bonds is 3. The Morgan fingerprint density at radius 2 is 1.42 bits per heavy atom. The number of carboxylic acid groups (broad SMARTS) is 1. The number of carboxylic acids is 1. The molecule has 0 radical (unpaired) electrons. The second-order valence-electron chi connectivity index (χ2n) is 3.29.